The monoisotopic (exact) mass is 1620 g/mol. The van der Waals surface area contributed by atoms with Crippen molar-refractivity contribution in [1.82, 2.24) is 29.9 Å². The van der Waals surface area contributed by atoms with E-state index >= 15 is 0 Å². The highest BCUT2D eigenvalue weighted by atomic mass is 35.5. The summed E-state index contributed by atoms with van der Waals surface area (Å²) < 4.78 is 37.6. The predicted octanol–water partition coefficient (Wildman–Crippen LogP) is 26.6. The molecule has 4 aromatic heterocycles. The summed E-state index contributed by atoms with van der Waals surface area (Å²) in [4.78, 5) is 31.8. The van der Waals surface area contributed by atoms with E-state index in [9.17, 15) is 0 Å². The van der Waals surface area contributed by atoms with Gasteiger partial charge in [-0.3, -0.25) is 0 Å². The predicted molar refractivity (Wildman–Crippen MR) is 497 cm³/mol. The topological polar surface area (TPSA) is 147 Å². The molecule has 594 valence electrons. The Bertz CT molecular complexity index is 6670. The highest BCUT2D eigenvalue weighted by Crippen LogP contribution is 2.45. The van der Waals surface area contributed by atoms with E-state index in [1.807, 2.05) is 66.7 Å². The van der Waals surface area contributed by atoms with Crippen molar-refractivity contribution < 1.29 is 28.9 Å². The van der Waals surface area contributed by atoms with Crippen LogP contribution < -0.4 is 20.7 Å². The Morgan fingerprint density at radius 3 is 1.00 bits per heavy atom. The Kier molecular flexibility index (Phi) is 21.0. The maximum Gasteiger partial charge on any atom is 0.494 e. The molecule has 3 aliphatic heterocycles. The number of hydrogen-bond donors (Lipinski definition) is 0. The van der Waals surface area contributed by atoms with Crippen LogP contribution >= 0.6 is 23.2 Å². The number of rotatable bonds is 10. The molecule has 0 saturated carbocycles. The van der Waals surface area contributed by atoms with Crippen molar-refractivity contribution in [3.05, 3.63) is 350 Å². The molecule has 0 atom stereocenters. The van der Waals surface area contributed by atoms with Crippen molar-refractivity contribution in [3.8, 4) is 90.1 Å². The van der Waals surface area contributed by atoms with Gasteiger partial charge in [0.05, 0.1) is 22.4 Å². The standard InChI is InChI=1S/C45H28N4O.C42H45B2NO4.C15H7Cl2N3O.CH4.H2/c1-2-16-36(17-3-1)49-37-18-8-12-31(26-37)29-10-6-14-33(24-29)43-46-44(34-15-7-11-30(25-34)32-13-9-19-38(49)27-32)48-45(47-43)35-22-23-40-39-20-4-5-21-41(39)50-42(40)28-35;1-39(2)40(3,4)47-43(46-39)34-20-12-16-30(26-34)32-18-14-24-37(28-32)45(36-22-10-9-11-23-36)38-25-15-19-33(29-38)31-17-13-21-35(27-31)44-48-41(5,6)42(7,8)49-44;16-14-18-13(19-15(17)20-14)8-5-6-10-9-3-1-2-4-11(9)21-12(10)7-8;;/h1-28H;9-29H,1-8H3;1-7H;1H4;1H/i;;;;1+1. The second-order valence-electron chi connectivity index (χ2n) is 32.3. The van der Waals surface area contributed by atoms with Gasteiger partial charge in [0.2, 0.25) is 10.6 Å². The van der Waals surface area contributed by atoms with Crippen molar-refractivity contribution >= 4 is 126 Å². The first-order valence-corrected chi connectivity index (χ1v) is 40.8. The molecular weight excluding hydrogens is 1540 g/mol. The number of furan rings is 2. The zero-order valence-corrected chi connectivity index (χ0v) is 68.8. The van der Waals surface area contributed by atoms with Crippen LogP contribution in [0.15, 0.2) is 349 Å². The minimum atomic E-state index is -0.417. The molecule has 7 heterocycles. The zero-order chi connectivity index (χ0) is 82.0. The molecule has 0 radical (unpaired) electrons. The summed E-state index contributed by atoms with van der Waals surface area (Å²) in [6.07, 6.45) is 0. The second-order valence-corrected chi connectivity index (χ2v) is 32.9. The molecule has 0 N–H and O–H groups in total. The van der Waals surface area contributed by atoms with Crippen LogP contribution in [0.4, 0.5) is 34.1 Å². The van der Waals surface area contributed by atoms with E-state index in [2.05, 4.69) is 353 Å². The molecule has 3 aliphatic rings. The molecule has 14 aromatic carbocycles. The summed E-state index contributed by atoms with van der Waals surface area (Å²) >= 11 is 11.6. The van der Waals surface area contributed by atoms with Crippen molar-refractivity contribution in [2.75, 3.05) is 9.80 Å². The summed E-state index contributed by atoms with van der Waals surface area (Å²) in [7, 11) is -0.833. The van der Waals surface area contributed by atoms with Crippen molar-refractivity contribution in [1.29, 1.82) is 0 Å². The van der Waals surface area contributed by atoms with Gasteiger partial charge in [0.25, 0.3) is 0 Å². The molecule has 14 nitrogen and oxygen atoms in total. The Labute approximate surface area is 715 Å². The van der Waals surface area contributed by atoms with Gasteiger partial charge in [0.1, 0.15) is 22.3 Å². The van der Waals surface area contributed by atoms with E-state index in [0.717, 1.165) is 156 Å². The van der Waals surface area contributed by atoms with Crippen LogP contribution in [0.1, 0.15) is 64.2 Å². The first kappa shape index (κ1) is 79.0. The van der Waals surface area contributed by atoms with Gasteiger partial charge in [-0.25, -0.2) is 15.0 Å². The highest BCUT2D eigenvalue weighted by molar-refractivity contribution is 6.62. The largest absolute Gasteiger partial charge is 0.494 e. The summed E-state index contributed by atoms with van der Waals surface area (Å²) in [5.74, 6) is 2.23. The fourth-order valence-electron chi connectivity index (χ4n) is 15.7. The second kappa shape index (κ2) is 32.2. The number of anilines is 6. The number of fused-ring (bicyclic) bond motifs is 20. The molecule has 0 aliphatic carbocycles. The number of hydrogen-bond acceptors (Lipinski definition) is 14. The van der Waals surface area contributed by atoms with Gasteiger partial charge in [0, 0.05) is 79.3 Å². The molecule has 21 rings (SSSR count). The molecule has 0 spiro atoms. The molecule has 18 aromatic rings. The number of aromatic nitrogens is 6. The fraction of sp³-hybridized carbons (Fsp3) is 0.126. The Hall–Kier alpha value is -13.2. The lowest BCUT2D eigenvalue weighted by atomic mass is 9.78. The third-order valence-corrected chi connectivity index (χ3v) is 23.7. The number of para-hydroxylation sites is 4. The molecule has 2 saturated heterocycles. The molecule has 10 bridgehead atoms. The summed E-state index contributed by atoms with van der Waals surface area (Å²) in [6, 6.07) is 118. The molecule has 121 heavy (non-hydrogen) atoms. The van der Waals surface area contributed by atoms with Crippen LogP contribution in [0, 0.1) is 0 Å². The van der Waals surface area contributed by atoms with E-state index in [0.29, 0.717) is 23.3 Å². The smallest absolute Gasteiger partial charge is 0.456 e. The zero-order valence-electron chi connectivity index (χ0n) is 67.3. The Balaban J connectivity index is 0.000000139. The van der Waals surface area contributed by atoms with Crippen LogP contribution in [-0.2, 0) is 18.6 Å². The van der Waals surface area contributed by atoms with E-state index < -0.39 is 36.6 Å². The molecule has 18 heteroatoms. The van der Waals surface area contributed by atoms with Gasteiger partial charge >= 0.3 is 14.2 Å². The van der Waals surface area contributed by atoms with Crippen LogP contribution in [0.5, 0.6) is 0 Å². The lowest BCUT2D eigenvalue weighted by molar-refractivity contribution is 0.00578. The maximum atomic E-state index is 6.38. The van der Waals surface area contributed by atoms with E-state index in [1.54, 1.807) is 0 Å². The minimum Gasteiger partial charge on any atom is -0.456 e. The number of benzene rings is 14. The normalized spacial score (nSPS) is 14.5. The lowest BCUT2D eigenvalue weighted by Gasteiger charge is -2.32. The highest BCUT2D eigenvalue weighted by Gasteiger charge is 2.53. The fourth-order valence-corrected chi connectivity index (χ4v) is 16.0. The Morgan fingerprint density at radius 2 is 0.570 bits per heavy atom. The minimum absolute atomic E-state index is 0. The summed E-state index contributed by atoms with van der Waals surface area (Å²) in [5.41, 5.74) is 22.4. The van der Waals surface area contributed by atoms with E-state index in [4.69, 9.17) is 65.6 Å². The van der Waals surface area contributed by atoms with Crippen molar-refractivity contribution in [2.24, 2.45) is 0 Å². The van der Waals surface area contributed by atoms with Crippen LogP contribution in [0.25, 0.3) is 134 Å². The van der Waals surface area contributed by atoms with Crippen LogP contribution in [0.3, 0.4) is 0 Å². The van der Waals surface area contributed by atoms with Gasteiger partial charge in [-0.1, -0.05) is 226 Å². The van der Waals surface area contributed by atoms with Gasteiger partial charge in [-0.2, -0.15) is 15.0 Å². The van der Waals surface area contributed by atoms with Crippen molar-refractivity contribution in [2.45, 2.75) is 85.2 Å². The SMILES string of the molecule is C.CC1(C)OB(c2cccc(-c3cccc(N(c4ccccc4)c4cccc(-c5cccc(B6OC(C)(C)C(C)(C)O6)c5)c4)c3)c2)OC1(C)C.Clc1nc(Cl)nc(-c2ccc3c(c2)oc2ccccc23)n1.[2HH].c1ccc(N2c3cccc(c3)-c3cccc(c3)-c3nc(nc(-c4ccc5c(c4)oc4ccccc45)n3)-c3cccc(c3)-c3cccc2c3)cc1. The summed E-state index contributed by atoms with van der Waals surface area (Å²) in [5, 5.41) is 4.40. The first-order chi connectivity index (χ1) is 58.2. The first-order valence-electron chi connectivity index (χ1n) is 40.1. The number of nitrogens with zero attached hydrogens (tertiary/aromatic N) is 8. The van der Waals surface area contributed by atoms with Gasteiger partial charge < -0.3 is 37.3 Å². The molecule has 2 fully saturated rings. The van der Waals surface area contributed by atoms with E-state index in [1.165, 1.54) is 0 Å². The number of halogens is 2. The van der Waals surface area contributed by atoms with Crippen molar-refractivity contribution in [3.63, 3.8) is 0 Å². The summed E-state index contributed by atoms with van der Waals surface area (Å²) in [6.45, 7) is 16.7. The molecule has 0 unspecified atom stereocenters. The average molecular weight is 1630 g/mol. The van der Waals surface area contributed by atoms with E-state index in [-0.39, 0.29) is 19.4 Å². The van der Waals surface area contributed by atoms with Gasteiger partial charge in [-0.05, 0) is 255 Å². The molecule has 0 amide bonds. The van der Waals surface area contributed by atoms with Gasteiger partial charge in [-0.15, -0.1) is 0 Å². The van der Waals surface area contributed by atoms with Crippen LogP contribution in [0.2, 0.25) is 10.6 Å². The third-order valence-electron chi connectivity index (χ3n) is 23.3. The van der Waals surface area contributed by atoms with Gasteiger partial charge in [0.15, 0.2) is 23.3 Å². The lowest BCUT2D eigenvalue weighted by Crippen LogP contribution is -2.41. The third kappa shape index (κ3) is 15.8. The van der Waals surface area contributed by atoms with Crippen LogP contribution in [-0.4, -0.2) is 66.5 Å². The Morgan fingerprint density at radius 1 is 0.264 bits per heavy atom. The maximum absolute atomic E-state index is 6.38. The average Bonchev–Trinajstić information content (AvgIpc) is 1.58. The molecular formula is C103H86B2Cl2N8O6. The quantitative estimate of drug-likeness (QED) is 0.120.